The zero-order chi connectivity index (χ0) is 22.7. The molecule has 0 radical (unpaired) electrons. The van der Waals surface area contributed by atoms with Gasteiger partial charge in [-0.05, 0) is 46.5 Å². The Kier molecular flexibility index (Phi) is 5.55. The molecule has 0 N–H and O–H groups in total. The Balaban J connectivity index is 1.77. The van der Waals surface area contributed by atoms with E-state index in [1.807, 2.05) is 0 Å². The molecule has 0 atom stereocenters. The lowest BCUT2D eigenvalue weighted by atomic mass is 9.90. The average Bonchev–Trinajstić information content (AvgIpc) is 2.83. The standard InChI is InChI=1S/C25H16N2O5/c28-25(23-7-3-1-5-21(23)17-9-13-19(14-10-17)26(29)30)24-8-4-2-6-22(24)18-11-15-20(16-12-18)27(31)32/h1-16H. The Morgan fingerprint density at radius 2 is 0.875 bits per heavy atom. The van der Waals surface area contributed by atoms with Crippen LogP contribution in [0.15, 0.2) is 97.1 Å². The maximum absolute atomic E-state index is 13.6. The lowest BCUT2D eigenvalue weighted by Crippen LogP contribution is -2.05. The molecule has 0 saturated heterocycles. The second kappa shape index (κ2) is 8.61. The zero-order valence-electron chi connectivity index (χ0n) is 16.7. The van der Waals surface area contributed by atoms with Crippen molar-refractivity contribution in [2.75, 3.05) is 0 Å². The molecule has 0 bridgehead atoms. The minimum Gasteiger partial charge on any atom is -0.289 e. The number of nitro benzene ring substituents is 2. The summed E-state index contributed by atoms with van der Waals surface area (Å²) >= 11 is 0. The molecule has 4 rings (SSSR count). The highest BCUT2D eigenvalue weighted by Gasteiger charge is 2.19. The van der Waals surface area contributed by atoms with Gasteiger partial charge in [0.15, 0.2) is 5.78 Å². The van der Waals surface area contributed by atoms with E-state index in [1.54, 1.807) is 72.8 Å². The normalized spacial score (nSPS) is 10.5. The smallest absolute Gasteiger partial charge is 0.269 e. The molecule has 156 valence electrons. The largest absolute Gasteiger partial charge is 0.289 e. The Labute approximate surface area is 182 Å². The van der Waals surface area contributed by atoms with Crippen LogP contribution in [0.3, 0.4) is 0 Å². The first-order valence-electron chi connectivity index (χ1n) is 9.68. The van der Waals surface area contributed by atoms with E-state index in [9.17, 15) is 25.0 Å². The van der Waals surface area contributed by atoms with E-state index in [0.29, 0.717) is 33.4 Å². The van der Waals surface area contributed by atoms with Crippen LogP contribution in [0, 0.1) is 20.2 Å². The quantitative estimate of drug-likeness (QED) is 0.212. The molecule has 0 fully saturated rings. The van der Waals surface area contributed by atoms with Gasteiger partial charge >= 0.3 is 0 Å². The zero-order valence-corrected chi connectivity index (χ0v) is 16.7. The molecule has 0 unspecified atom stereocenters. The Hall–Kier alpha value is -4.65. The molecule has 4 aromatic carbocycles. The van der Waals surface area contributed by atoms with Crippen molar-refractivity contribution in [3.05, 3.63) is 128 Å². The van der Waals surface area contributed by atoms with Gasteiger partial charge in [-0.15, -0.1) is 0 Å². The molecule has 7 nitrogen and oxygen atoms in total. The number of nitrogens with zero attached hydrogens (tertiary/aromatic N) is 2. The maximum atomic E-state index is 13.6. The molecule has 0 amide bonds. The monoisotopic (exact) mass is 424 g/mol. The van der Waals surface area contributed by atoms with Gasteiger partial charge in [0.05, 0.1) is 9.85 Å². The SMILES string of the molecule is O=C(c1ccccc1-c1ccc([N+](=O)[O-])cc1)c1ccccc1-c1ccc([N+](=O)[O-])cc1. The number of rotatable bonds is 6. The maximum Gasteiger partial charge on any atom is 0.269 e. The summed E-state index contributed by atoms with van der Waals surface area (Å²) in [6, 6.07) is 26.2. The summed E-state index contributed by atoms with van der Waals surface area (Å²) < 4.78 is 0. The summed E-state index contributed by atoms with van der Waals surface area (Å²) in [6.45, 7) is 0. The van der Waals surface area contributed by atoms with Crippen LogP contribution in [0.25, 0.3) is 22.3 Å². The lowest BCUT2D eigenvalue weighted by Gasteiger charge is -2.12. The van der Waals surface area contributed by atoms with Gasteiger partial charge in [-0.3, -0.25) is 25.0 Å². The molecule has 0 heterocycles. The number of carbonyl (C=O) groups excluding carboxylic acids is 1. The average molecular weight is 424 g/mol. The van der Waals surface area contributed by atoms with Gasteiger partial charge in [0, 0.05) is 35.4 Å². The van der Waals surface area contributed by atoms with Gasteiger partial charge in [0.25, 0.3) is 11.4 Å². The first-order valence-corrected chi connectivity index (χ1v) is 9.68. The fourth-order valence-electron chi connectivity index (χ4n) is 3.54. The molecular weight excluding hydrogens is 408 g/mol. The predicted molar refractivity (Wildman–Crippen MR) is 120 cm³/mol. The number of benzene rings is 4. The lowest BCUT2D eigenvalue weighted by molar-refractivity contribution is -0.385. The molecule has 32 heavy (non-hydrogen) atoms. The summed E-state index contributed by atoms with van der Waals surface area (Å²) in [5, 5.41) is 21.9. The summed E-state index contributed by atoms with van der Waals surface area (Å²) in [5.74, 6) is -0.215. The van der Waals surface area contributed by atoms with Crippen molar-refractivity contribution >= 4 is 17.2 Å². The third-order valence-corrected chi connectivity index (χ3v) is 5.12. The van der Waals surface area contributed by atoms with Crippen molar-refractivity contribution in [1.82, 2.24) is 0 Å². The Morgan fingerprint density at radius 3 is 1.22 bits per heavy atom. The molecule has 7 heteroatoms. The molecule has 0 aromatic heterocycles. The summed E-state index contributed by atoms with van der Waals surface area (Å²) in [7, 11) is 0. The van der Waals surface area contributed by atoms with E-state index < -0.39 is 9.85 Å². The van der Waals surface area contributed by atoms with Gasteiger partial charge in [-0.2, -0.15) is 0 Å². The Bertz CT molecular complexity index is 1230. The predicted octanol–water partition coefficient (Wildman–Crippen LogP) is 6.07. The third kappa shape index (κ3) is 3.99. The van der Waals surface area contributed by atoms with Crippen molar-refractivity contribution in [1.29, 1.82) is 0 Å². The number of carbonyl (C=O) groups is 1. The van der Waals surface area contributed by atoms with Crippen LogP contribution in [0.2, 0.25) is 0 Å². The van der Waals surface area contributed by atoms with E-state index in [2.05, 4.69) is 0 Å². The molecule has 0 spiro atoms. The Morgan fingerprint density at radius 1 is 0.531 bits per heavy atom. The molecule has 0 saturated carbocycles. The first kappa shape index (κ1) is 20.6. The number of hydrogen-bond donors (Lipinski definition) is 0. The fraction of sp³-hybridized carbons (Fsp3) is 0. The number of nitro groups is 2. The minimum absolute atomic E-state index is 0.0268. The van der Waals surface area contributed by atoms with Crippen molar-refractivity contribution in [3.8, 4) is 22.3 Å². The second-order valence-electron chi connectivity index (χ2n) is 7.03. The van der Waals surface area contributed by atoms with Crippen LogP contribution < -0.4 is 0 Å². The number of ketones is 1. The fourth-order valence-corrected chi connectivity index (χ4v) is 3.54. The summed E-state index contributed by atoms with van der Waals surface area (Å²) in [4.78, 5) is 34.5. The molecular formula is C25H16N2O5. The van der Waals surface area contributed by atoms with Crippen LogP contribution in [0.1, 0.15) is 15.9 Å². The molecule has 0 aliphatic carbocycles. The van der Waals surface area contributed by atoms with E-state index in [4.69, 9.17) is 0 Å². The summed E-state index contributed by atoms with van der Waals surface area (Å²) in [6.07, 6.45) is 0. The second-order valence-corrected chi connectivity index (χ2v) is 7.03. The van der Waals surface area contributed by atoms with Crippen LogP contribution in [0.5, 0.6) is 0 Å². The van der Waals surface area contributed by atoms with Crippen LogP contribution in [-0.2, 0) is 0 Å². The highest BCUT2D eigenvalue weighted by atomic mass is 16.6. The third-order valence-electron chi connectivity index (χ3n) is 5.12. The van der Waals surface area contributed by atoms with E-state index >= 15 is 0 Å². The van der Waals surface area contributed by atoms with Crippen molar-refractivity contribution < 1.29 is 14.6 Å². The van der Waals surface area contributed by atoms with Crippen LogP contribution in [-0.4, -0.2) is 15.6 Å². The van der Waals surface area contributed by atoms with Crippen LogP contribution >= 0.6 is 0 Å². The highest BCUT2D eigenvalue weighted by Crippen LogP contribution is 2.31. The van der Waals surface area contributed by atoms with Gasteiger partial charge in [0.2, 0.25) is 0 Å². The number of hydrogen-bond acceptors (Lipinski definition) is 5. The number of non-ortho nitro benzene ring substituents is 2. The van der Waals surface area contributed by atoms with Crippen LogP contribution in [0.4, 0.5) is 11.4 Å². The van der Waals surface area contributed by atoms with Gasteiger partial charge in [0.1, 0.15) is 0 Å². The molecule has 0 aliphatic rings. The van der Waals surface area contributed by atoms with Crippen molar-refractivity contribution in [3.63, 3.8) is 0 Å². The highest BCUT2D eigenvalue weighted by molar-refractivity contribution is 6.16. The van der Waals surface area contributed by atoms with Crippen molar-refractivity contribution in [2.24, 2.45) is 0 Å². The van der Waals surface area contributed by atoms with E-state index in [-0.39, 0.29) is 17.2 Å². The van der Waals surface area contributed by atoms with Gasteiger partial charge in [-0.25, -0.2) is 0 Å². The van der Waals surface area contributed by atoms with E-state index in [1.165, 1.54) is 24.3 Å². The van der Waals surface area contributed by atoms with Gasteiger partial charge in [-0.1, -0.05) is 48.5 Å². The summed E-state index contributed by atoms with van der Waals surface area (Å²) in [5.41, 5.74) is 3.55. The molecule has 4 aromatic rings. The minimum atomic E-state index is -0.471. The molecule has 0 aliphatic heterocycles. The van der Waals surface area contributed by atoms with E-state index in [0.717, 1.165) is 0 Å². The van der Waals surface area contributed by atoms with Gasteiger partial charge < -0.3 is 0 Å². The van der Waals surface area contributed by atoms with Crippen molar-refractivity contribution in [2.45, 2.75) is 0 Å². The topological polar surface area (TPSA) is 103 Å². The first-order chi connectivity index (χ1) is 15.5.